The molecule has 6 nitrogen and oxygen atoms in total. The minimum Gasteiger partial charge on any atom is -0.379 e. The topological polar surface area (TPSA) is 84.5 Å². The molecule has 0 bridgehead atoms. The lowest BCUT2D eigenvalue weighted by Gasteiger charge is -2.11. The van der Waals surface area contributed by atoms with E-state index in [1.54, 1.807) is 30.3 Å². The molecule has 0 aromatic heterocycles. The molecule has 0 unspecified atom stereocenters. The van der Waals surface area contributed by atoms with Gasteiger partial charge < -0.3 is 10.1 Å². The molecule has 0 radical (unpaired) electrons. The van der Waals surface area contributed by atoms with Crippen molar-refractivity contribution in [3.05, 3.63) is 58.6 Å². The third-order valence-electron chi connectivity index (χ3n) is 3.56. The molecule has 0 fully saturated rings. The van der Waals surface area contributed by atoms with Gasteiger partial charge in [0.15, 0.2) is 0 Å². The maximum Gasteiger partial charge on any atom is 0.261 e. The van der Waals surface area contributed by atoms with Crippen molar-refractivity contribution in [2.45, 2.75) is 31.3 Å². The van der Waals surface area contributed by atoms with Crippen molar-refractivity contribution in [3.8, 4) is 0 Å². The van der Waals surface area contributed by atoms with Gasteiger partial charge >= 0.3 is 0 Å². The Kier molecular flexibility index (Phi) is 7.82. The predicted molar refractivity (Wildman–Crippen MR) is 109 cm³/mol. The van der Waals surface area contributed by atoms with Crippen LogP contribution in [0.2, 0.25) is 0 Å². The van der Waals surface area contributed by atoms with E-state index in [2.05, 4.69) is 26.0 Å². The summed E-state index contributed by atoms with van der Waals surface area (Å²) in [7, 11) is -3.72. The number of sulfonamides is 1. The van der Waals surface area contributed by atoms with Crippen LogP contribution in [-0.4, -0.2) is 33.6 Å². The first-order valence-corrected chi connectivity index (χ1v) is 10.8. The molecule has 2 rings (SSSR count). The zero-order valence-corrected chi connectivity index (χ0v) is 17.6. The first kappa shape index (κ1) is 21.4. The quantitative estimate of drug-likeness (QED) is 0.564. The molecule has 0 saturated heterocycles. The third-order valence-corrected chi connectivity index (χ3v) is 5.48. The van der Waals surface area contributed by atoms with Crippen LogP contribution in [0.5, 0.6) is 0 Å². The summed E-state index contributed by atoms with van der Waals surface area (Å²) in [5.74, 6) is -0.260. The molecule has 2 aromatic carbocycles. The van der Waals surface area contributed by atoms with Crippen molar-refractivity contribution in [1.29, 1.82) is 0 Å². The van der Waals surface area contributed by atoms with Crippen LogP contribution in [0.3, 0.4) is 0 Å². The first-order valence-electron chi connectivity index (χ1n) is 8.56. The Morgan fingerprint density at radius 1 is 1.15 bits per heavy atom. The van der Waals surface area contributed by atoms with Crippen LogP contribution >= 0.6 is 15.9 Å². The molecule has 0 aliphatic heterocycles. The largest absolute Gasteiger partial charge is 0.379 e. The summed E-state index contributed by atoms with van der Waals surface area (Å²) in [6, 6.07) is 12.7. The molecule has 2 N–H and O–H groups in total. The van der Waals surface area contributed by atoms with Gasteiger partial charge in [-0.05, 0) is 62.7 Å². The SMILES string of the molecule is CC(C)OCCCNC(=O)c1cccc(NS(=O)(=O)c2ccc(Br)cc2)c1. The molecule has 1 amide bonds. The summed E-state index contributed by atoms with van der Waals surface area (Å²) >= 11 is 3.27. The maximum atomic E-state index is 12.5. The lowest BCUT2D eigenvalue weighted by molar-refractivity contribution is 0.0757. The van der Waals surface area contributed by atoms with Crippen molar-refractivity contribution in [2.24, 2.45) is 0 Å². The van der Waals surface area contributed by atoms with Gasteiger partial charge in [0.25, 0.3) is 15.9 Å². The van der Waals surface area contributed by atoms with Crippen molar-refractivity contribution < 1.29 is 17.9 Å². The number of nitrogens with one attached hydrogen (secondary N) is 2. The van der Waals surface area contributed by atoms with Gasteiger partial charge in [-0.25, -0.2) is 8.42 Å². The molecule has 146 valence electrons. The Bertz CT molecular complexity index is 868. The zero-order chi connectivity index (χ0) is 19.9. The summed E-state index contributed by atoms with van der Waals surface area (Å²) in [4.78, 5) is 12.4. The monoisotopic (exact) mass is 454 g/mol. The normalized spacial score (nSPS) is 11.4. The number of halogens is 1. The number of carbonyl (C=O) groups excluding carboxylic acids is 1. The second-order valence-corrected chi connectivity index (χ2v) is 8.77. The molecular formula is C19H23BrN2O4S. The molecule has 0 saturated carbocycles. The number of benzene rings is 2. The molecular weight excluding hydrogens is 432 g/mol. The van der Waals surface area contributed by atoms with Crippen LogP contribution in [0.25, 0.3) is 0 Å². The number of anilines is 1. The van der Waals surface area contributed by atoms with Gasteiger partial charge in [-0.3, -0.25) is 9.52 Å². The molecule has 0 heterocycles. The average Bonchev–Trinajstić information content (AvgIpc) is 2.61. The number of carbonyl (C=O) groups is 1. The molecule has 8 heteroatoms. The fourth-order valence-electron chi connectivity index (χ4n) is 2.25. The van der Waals surface area contributed by atoms with E-state index in [4.69, 9.17) is 4.74 Å². The number of hydrogen-bond donors (Lipinski definition) is 2. The van der Waals surface area contributed by atoms with E-state index in [0.717, 1.165) is 4.47 Å². The second-order valence-electron chi connectivity index (χ2n) is 6.17. The Labute approximate surface area is 168 Å². The molecule has 0 spiro atoms. The van der Waals surface area contributed by atoms with Crippen LogP contribution in [-0.2, 0) is 14.8 Å². The highest BCUT2D eigenvalue weighted by molar-refractivity contribution is 9.10. The fraction of sp³-hybridized carbons (Fsp3) is 0.316. The van der Waals surface area contributed by atoms with E-state index in [1.807, 2.05) is 13.8 Å². The van der Waals surface area contributed by atoms with Gasteiger partial charge in [0.1, 0.15) is 0 Å². The minimum absolute atomic E-state index is 0.144. The Morgan fingerprint density at radius 3 is 2.52 bits per heavy atom. The van der Waals surface area contributed by atoms with Gasteiger partial charge in [-0.2, -0.15) is 0 Å². The zero-order valence-electron chi connectivity index (χ0n) is 15.2. The van der Waals surface area contributed by atoms with Crippen molar-refractivity contribution in [1.82, 2.24) is 5.32 Å². The van der Waals surface area contributed by atoms with Gasteiger partial charge in [-0.15, -0.1) is 0 Å². The van der Waals surface area contributed by atoms with E-state index in [9.17, 15) is 13.2 Å². The van der Waals surface area contributed by atoms with Crippen LogP contribution in [0.15, 0.2) is 57.9 Å². The minimum atomic E-state index is -3.72. The Balaban J connectivity index is 1.98. The number of ether oxygens (including phenoxy) is 1. The highest BCUT2D eigenvalue weighted by Crippen LogP contribution is 2.19. The van der Waals surface area contributed by atoms with Gasteiger partial charge in [0, 0.05) is 28.9 Å². The van der Waals surface area contributed by atoms with E-state index >= 15 is 0 Å². The average molecular weight is 455 g/mol. The summed E-state index contributed by atoms with van der Waals surface area (Å²) < 4.78 is 33.6. The highest BCUT2D eigenvalue weighted by atomic mass is 79.9. The number of hydrogen-bond acceptors (Lipinski definition) is 4. The molecule has 0 aliphatic carbocycles. The summed E-state index contributed by atoms with van der Waals surface area (Å²) in [5.41, 5.74) is 0.712. The molecule has 27 heavy (non-hydrogen) atoms. The van der Waals surface area contributed by atoms with Crippen LogP contribution in [0.4, 0.5) is 5.69 Å². The standard InChI is InChI=1S/C19H23BrN2O4S/c1-14(2)26-12-4-11-21-19(23)15-5-3-6-17(13-15)22-27(24,25)18-9-7-16(20)8-10-18/h3,5-10,13-14,22H,4,11-12H2,1-2H3,(H,21,23). The predicted octanol–water partition coefficient (Wildman–Crippen LogP) is 3.79. The molecule has 2 aromatic rings. The van der Waals surface area contributed by atoms with E-state index in [0.29, 0.717) is 30.8 Å². The van der Waals surface area contributed by atoms with Crippen LogP contribution in [0.1, 0.15) is 30.6 Å². The van der Waals surface area contributed by atoms with Gasteiger partial charge in [0.05, 0.1) is 11.0 Å². The van der Waals surface area contributed by atoms with Crippen LogP contribution in [0, 0.1) is 0 Å². The van der Waals surface area contributed by atoms with Gasteiger partial charge in [-0.1, -0.05) is 22.0 Å². The van der Waals surface area contributed by atoms with Crippen molar-refractivity contribution in [3.63, 3.8) is 0 Å². The Hall–Kier alpha value is -1.90. The van der Waals surface area contributed by atoms with E-state index in [1.165, 1.54) is 18.2 Å². The van der Waals surface area contributed by atoms with Crippen LogP contribution < -0.4 is 10.0 Å². The van der Waals surface area contributed by atoms with Crippen molar-refractivity contribution >= 4 is 37.5 Å². The third kappa shape index (κ3) is 6.97. The number of rotatable bonds is 9. The van der Waals surface area contributed by atoms with E-state index in [-0.39, 0.29) is 16.9 Å². The smallest absolute Gasteiger partial charge is 0.261 e. The lowest BCUT2D eigenvalue weighted by atomic mass is 10.2. The lowest BCUT2D eigenvalue weighted by Crippen LogP contribution is -2.25. The first-order chi connectivity index (χ1) is 12.8. The molecule has 0 aliphatic rings. The molecule has 0 atom stereocenters. The summed E-state index contributed by atoms with van der Waals surface area (Å²) in [6.45, 7) is 4.98. The fourth-order valence-corrected chi connectivity index (χ4v) is 3.56. The number of amides is 1. The maximum absolute atomic E-state index is 12.5. The van der Waals surface area contributed by atoms with Crippen molar-refractivity contribution in [2.75, 3.05) is 17.9 Å². The van der Waals surface area contributed by atoms with Gasteiger partial charge in [0.2, 0.25) is 0 Å². The second kappa shape index (κ2) is 9.87. The highest BCUT2D eigenvalue weighted by Gasteiger charge is 2.15. The summed E-state index contributed by atoms with van der Waals surface area (Å²) in [5, 5.41) is 2.80. The summed E-state index contributed by atoms with van der Waals surface area (Å²) in [6.07, 6.45) is 0.871. The van der Waals surface area contributed by atoms with E-state index < -0.39 is 10.0 Å². The Morgan fingerprint density at radius 2 is 1.85 bits per heavy atom.